The Bertz CT molecular complexity index is 487. The van der Waals surface area contributed by atoms with Gasteiger partial charge in [0.15, 0.2) is 5.82 Å². The molecule has 78 valence electrons. The van der Waals surface area contributed by atoms with E-state index in [1.54, 1.807) is 0 Å². The van der Waals surface area contributed by atoms with Gasteiger partial charge in [-0.25, -0.2) is 4.79 Å². The summed E-state index contributed by atoms with van der Waals surface area (Å²) < 4.78 is 5.00. The number of aromatic amines is 1. The van der Waals surface area contributed by atoms with Crippen LogP contribution in [0.4, 0.5) is 5.82 Å². The van der Waals surface area contributed by atoms with Gasteiger partial charge in [-0.2, -0.15) is 5.10 Å². The third kappa shape index (κ3) is 0.973. The Morgan fingerprint density at radius 2 is 2.33 bits per heavy atom. The standard InChI is InChI=1S/C10H11N3O2/c1-4-7-5(2)12-13-9(7)11-6-3-15-10(14)8(4)6/h4H,3H2,1-2H3,(H2,11,12,13). The van der Waals surface area contributed by atoms with Crippen LogP contribution >= 0.6 is 0 Å². The molecule has 0 aliphatic carbocycles. The van der Waals surface area contributed by atoms with Gasteiger partial charge in [-0.15, -0.1) is 0 Å². The highest BCUT2D eigenvalue weighted by molar-refractivity contribution is 5.95. The summed E-state index contributed by atoms with van der Waals surface area (Å²) in [5, 5.41) is 10.2. The zero-order chi connectivity index (χ0) is 10.6. The van der Waals surface area contributed by atoms with Gasteiger partial charge in [0, 0.05) is 17.2 Å². The number of hydrogen-bond donors (Lipinski definition) is 2. The lowest BCUT2D eigenvalue weighted by Crippen LogP contribution is -2.16. The maximum atomic E-state index is 11.5. The van der Waals surface area contributed by atoms with Crippen LogP contribution in [0.1, 0.15) is 24.1 Å². The Balaban J connectivity index is 2.15. The molecule has 1 aromatic rings. The Kier molecular flexibility index (Phi) is 1.49. The summed E-state index contributed by atoms with van der Waals surface area (Å²) in [6.07, 6.45) is 0. The maximum Gasteiger partial charge on any atom is 0.336 e. The number of hydrogen-bond acceptors (Lipinski definition) is 4. The van der Waals surface area contributed by atoms with Gasteiger partial charge in [-0.3, -0.25) is 5.10 Å². The van der Waals surface area contributed by atoms with E-state index in [0.717, 1.165) is 28.3 Å². The van der Waals surface area contributed by atoms with Crippen molar-refractivity contribution in [3.8, 4) is 0 Å². The quantitative estimate of drug-likeness (QED) is 0.621. The predicted molar refractivity (Wildman–Crippen MR) is 53.3 cm³/mol. The lowest BCUT2D eigenvalue weighted by molar-refractivity contribution is -0.136. The monoisotopic (exact) mass is 205 g/mol. The van der Waals surface area contributed by atoms with Crippen LogP contribution in [0.2, 0.25) is 0 Å². The van der Waals surface area contributed by atoms with Crippen molar-refractivity contribution in [3.05, 3.63) is 22.5 Å². The van der Waals surface area contributed by atoms with Crippen LogP contribution in [0.15, 0.2) is 11.3 Å². The first-order valence-electron chi connectivity index (χ1n) is 4.90. The van der Waals surface area contributed by atoms with Crippen molar-refractivity contribution in [2.45, 2.75) is 19.8 Å². The molecule has 1 unspecified atom stereocenters. The molecule has 2 aliphatic rings. The van der Waals surface area contributed by atoms with E-state index >= 15 is 0 Å². The Labute approximate surface area is 86.5 Å². The molecule has 0 fully saturated rings. The molecule has 0 amide bonds. The van der Waals surface area contributed by atoms with Gasteiger partial charge in [-0.1, -0.05) is 6.92 Å². The van der Waals surface area contributed by atoms with Crippen LogP contribution in [0.5, 0.6) is 0 Å². The minimum absolute atomic E-state index is 0.0602. The Morgan fingerprint density at radius 1 is 1.53 bits per heavy atom. The second-order valence-electron chi connectivity index (χ2n) is 3.93. The van der Waals surface area contributed by atoms with Gasteiger partial charge < -0.3 is 10.1 Å². The van der Waals surface area contributed by atoms with Crippen LogP contribution in [-0.4, -0.2) is 22.8 Å². The van der Waals surface area contributed by atoms with Crippen LogP contribution in [0.25, 0.3) is 0 Å². The van der Waals surface area contributed by atoms with Gasteiger partial charge in [0.1, 0.15) is 6.61 Å². The first-order chi connectivity index (χ1) is 7.18. The van der Waals surface area contributed by atoms with Gasteiger partial charge >= 0.3 is 5.97 Å². The van der Waals surface area contributed by atoms with E-state index in [1.807, 2.05) is 13.8 Å². The molecule has 0 spiro atoms. The first kappa shape index (κ1) is 8.52. The molecular weight excluding hydrogens is 194 g/mol. The molecule has 3 rings (SSSR count). The number of cyclic esters (lactones) is 1. The summed E-state index contributed by atoms with van der Waals surface area (Å²) in [6.45, 7) is 4.30. The highest BCUT2D eigenvalue weighted by Crippen LogP contribution is 2.40. The molecule has 0 saturated heterocycles. The molecule has 0 saturated carbocycles. The van der Waals surface area contributed by atoms with E-state index in [2.05, 4.69) is 15.5 Å². The number of nitrogens with one attached hydrogen (secondary N) is 2. The number of carbonyl (C=O) groups excluding carboxylic acids is 1. The summed E-state index contributed by atoms with van der Waals surface area (Å²) in [7, 11) is 0. The summed E-state index contributed by atoms with van der Waals surface area (Å²) >= 11 is 0. The van der Waals surface area contributed by atoms with E-state index in [4.69, 9.17) is 4.74 Å². The van der Waals surface area contributed by atoms with Crippen molar-refractivity contribution in [1.82, 2.24) is 10.2 Å². The zero-order valence-corrected chi connectivity index (χ0v) is 8.55. The van der Waals surface area contributed by atoms with Crippen molar-refractivity contribution in [1.29, 1.82) is 0 Å². The topological polar surface area (TPSA) is 67.0 Å². The Morgan fingerprint density at radius 3 is 3.13 bits per heavy atom. The van der Waals surface area contributed by atoms with Gasteiger partial charge in [0.05, 0.1) is 11.3 Å². The van der Waals surface area contributed by atoms with Crippen molar-refractivity contribution in [3.63, 3.8) is 0 Å². The van der Waals surface area contributed by atoms with Crippen molar-refractivity contribution in [2.24, 2.45) is 0 Å². The van der Waals surface area contributed by atoms with Crippen LogP contribution in [-0.2, 0) is 9.53 Å². The number of esters is 1. The predicted octanol–water partition coefficient (Wildman–Crippen LogP) is 1.06. The van der Waals surface area contributed by atoms with Crippen molar-refractivity contribution in [2.75, 3.05) is 11.9 Å². The SMILES string of the molecule is Cc1[nH]nc2c1C(C)C1=C(COC1=O)N2. The summed E-state index contributed by atoms with van der Waals surface area (Å²) in [5.74, 6) is 0.665. The number of rotatable bonds is 0. The molecule has 3 heterocycles. The van der Waals surface area contributed by atoms with E-state index in [9.17, 15) is 4.79 Å². The molecule has 0 bridgehead atoms. The van der Waals surface area contributed by atoms with Crippen LogP contribution < -0.4 is 5.32 Å². The molecule has 15 heavy (non-hydrogen) atoms. The summed E-state index contributed by atoms with van der Waals surface area (Å²) in [4.78, 5) is 11.5. The van der Waals surface area contributed by atoms with Crippen LogP contribution in [0, 0.1) is 6.92 Å². The fourth-order valence-electron chi connectivity index (χ4n) is 2.31. The number of aromatic nitrogens is 2. The van der Waals surface area contributed by atoms with Crippen molar-refractivity contribution >= 4 is 11.8 Å². The number of fused-ring (bicyclic) bond motifs is 1. The average Bonchev–Trinajstić information content (AvgIpc) is 2.73. The van der Waals surface area contributed by atoms with E-state index in [-0.39, 0.29) is 11.9 Å². The summed E-state index contributed by atoms with van der Waals surface area (Å²) in [6, 6.07) is 0. The van der Waals surface area contributed by atoms with E-state index in [1.165, 1.54) is 0 Å². The number of anilines is 1. The number of H-pyrrole nitrogens is 1. The minimum Gasteiger partial charge on any atom is -0.456 e. The molecule has 0 radical (unpaired) electrons. The van der Waals surface area contributed by atoms with Gasteiger partial charge in [-0.05, 0) is 6.92 Å². The van der Waals surface area contributed by atoms with Crippen LogP contribution in [0.3, 0.4) is 0 Å². The molecule has 1 atom stereocenters. The number of carbonyl (C=O) groups is 1. The molecule has 2 N–H and O–H groups in total. The highest BCUT2D eigenvalue weighted by atomic mass is 16.5. The highest BCUT2D eigenvalue weighted by Gasteiger charge is 2.36. The molecule has 0 aromatic carbocycles. The molecular formula is C10H11N3O2. The third-order valence-corrected chi connectivity index (χ3v) is 3.02. The Hall–Kier alpha value is -1.78. The fourth-order valence-corrected chi connectivity index (χ4v) is 2.31. The smallest absolute Gasteiger partial charge is 0.336 e. The molecule has 5 nitrogen and oxygen atoms in total. The fraction of sp³-hybridized carbons (Fsp3) is 0.400. The normalized spacial score (nSPS) is 23.3. The number of nitrogens with zero attached hydrogens (tertiary/aromatic N) is 1. The minimum atomic E-state index is -0.212. The first-order valence-corrected chi connectivity index (χ1v) is 4.90. The third-order valence-electron chi connectivity index (χ3n) is 3.02. The van der Waals surface area contributed by atoms with Crippen molar-refractivity contribution < 1.29 is 9.53 Å². The number of aryl methyl sites for hydroxylation is 1. The second-order valence-corrected chi connectivity index (χ2v) is 3.93. The second kappa shape index (κ2) is 2.62. The molecule has 5 heteroatoms. The van der Waals surface area contributed by atoms with Gasteiger partial charge in [0.2, 0.25) is 0 Å². The zero-order valence-electron chi connectivity index (χ0n) is 8.55. The number of ether oxygens (including phenoxy) is 1. The molecule has 1 aromatic heterocycles. The van der Waals surface area contributed by atoms with E-state index < -0.39 is 0 Å². The lowest BCUT2D eigenvalue weighted by atomic mass is 9.89. The maximum absolute atomic E-state index is 11.5. The molecule has 2 aliphatic heterocycles. The largest absolute Gasteiger partial charge is 0.456 e. The lowest BCUT2D eigenvalue weighted by Gasteiger charge is -2.19. The van der Waals surface area contributed by atoms with Gasteiger partial charge in [0.25, 0.3) is 0 Å². The summed E-state index contributed by atoms with van der Waals surface area (Å²) in [5.41, 5.74) is 3.65. The van der Waals surface area contributed by atoms with E-state index in [0.29, 0.717) is 6.61 Å². The average molecular weight is 205 g/mol.